The van der Waals surface area contributed by atoms with Gasteiger partial charge in [-0.05, 0) is 48.4 Å². The summed E-state index contributed by atoms with van der Waals surface area (Å²) in [5, 5.41) is 8.88. The van der Waals surface area contributed by atoms with Gasteiger partial charge in [-0.15, -0.1) is 12.4 Å². The van der Waals surface area contributed by atoms with Gasteiger partial charge in [-0.3, -0.25) is 4.79 Å². The molecular formula is C23H19ClO6. The van der Waals surface area contributed by atoms with Crippen molar-refractivity contribution in [2.24, 2.45) is 0 Å². The molecule has 0 spiro atoms. The van der Waals surface area contributed by atoms with E-state index in [2.05, 4.69) is 0 Å². The molecule has 7 heteroatoms. The average molecular weight is 427 g/mol. The van der Waals surface area contributed by atoms with Crippen molar-refractivity contribution in [2.45, 2.75) is 12.8 Å². The van der Waals surface area contributed by atoms with Crippen molar-refractivity contribution in [3.05, 3.63) is 95.6 Å². The quantitative estimate of drug-likeness (QED) is 0.440. The number of hydrogen-bond acceptors (Lipinski definition) is 5. The number of carbonyl (C=O) groups is 3. The number of esters is 2. The van der Waals surface area contributed by atoms with Gasteiger partial charge in [0.05, 0.1) is 11.1 Å². The molecular weight excluding hydrogens is 408 g/mol. The van der Waals surface area contributed by atoms with Crippen LogP contribution in [0.3, 0.4) is 0 Å². The monoisotopic (exact) mass is 426 g/mol. The number of rotatable bonds is 7. The first-order chi connectivity index (χ1) is 14.0. The van der Waals surface area contributed by atoms with Gasteiger partial charge in [0.2, 0.25) is 0 Å². The fourth-order valence-electron chi connectivity index (χ4n) is 2.59. The molecule has 0 saturated carbocycles. The Morgan fingerprint density at radius 3 is 1.70 bits per heavy atom. The fraction of sp³-hybridized carbons (Fsp3) is 0.0870. The Morgan fingerprint density at radius 1 is 0.700 bits per heavy atom. The van der Waals surface area contributed by atoms with E-state index in [0.717, 1.165) is 0 Å². The fourth-order valence-corrected chi connectivity index (χ4v) is 2.59. The molecule has 1 N–H and O–H groups in total. The number of ether oxygens (including phenoxy) is 2. The van der Waals surface area contributed by atoms with Gasteiger partial charge in [0.25, 0.3) is 0 Å². The van der Waals surface area contributed by atoms with Gasteiger partial charge >= 0.3 is 17.9 Å². The smallest absolute Gasteiger partial charge is 0.343 e. The van der Waals surface area contributed by atoms with Gasteiger partial charge < -0.3 is 14.6 Å². The molecule has 0 amide bonds. The summed E-state index contributed by atoms with van der Waals surface area (Å²) in [6, 6.07) is 21.4. The van der Waals surface area contributed by atoms with Crippen LogP contribution in [0.4, 0.5) is 0 Å². The molecule has 0 aliphatic heterocycles. The minimum Gasteiger partial charge on any atom is -0.481 e. The van der Waals surface area contributed by atoms with Crippen LogP contribution in [-0.2, 0) is 11.2 Å². The van der Waals surface area contributed by atoms with E-state index < -0.39 is 17.9 Å². The van der Waals surface area contributed by atoms with E-state index in [9.17, 15) is 14.4 Å². The molecule has 3 rings (SSSR count). The lowest BCUT2D eigenvalue weighted by molar-refractivity contribution is -0.136. The Balaban J connectivity index is 0.00000320. The van der Waals surface area contributed by atoms with E-state index in [4.69, 9.17) is 14.6 Å². The summed E-state index contributed by atoms with van der Waals surface area (Å²) in [6.45, 7) is 0. The Hall–Kier alpha value is -3.64. The summed E-state index contributed by atoms with van der Waals surface area (Å²) in [5.41, 5.74) is 1.33. The number of hydrogen-bond donors (Lipinski definition) is 1. The second-order valence-electron chi connectivity index (χ2n) is 6.19. The van der Waals surface area contributed by atoms with Crippen molar-refractivity contribution in [3.8, 4) is 11.5 Å². The van der Waals surface area contributed by atoms with E-state index >= 15 is 0 Å². The Kier molecular flexibility index (Phi) is 8.14. The van der Waals surface area contributed by atoms with Crippen LogP contribution in [0.25, 0.3) is 0 Å². The Bertz CT molecular complexity index is 1020. The normalized spacial score (nSPS) is 9.87. The van der Waals surface area contributed by atoms with Crippen molar-refractivity contribution in [1.29, 1.82) is 0 Å². The highest BCUT2D eigenvalue weighted by atomic mass is 35.5. The predicted molar refractivity (Wildman–Crippen MR) is 112 cm³/mol. The molecule has 0 radical (unpaired) electrons. The third-order valence-electron chi connectivity index (χ3n) is 4.06. The third-order valence-corrected chi connectivity index (χ3v) is 4.06. The lowest BCUT2D eigenvalue weighted by atomic mass is 10.1. The minimum absolute atomic E-state index is 0. The van der Waals surface area contributed by atoms with E-state index in [1.165, 1.54) is 12.1 Å². The number of halogens is 1. The van der Waals surface area contributed by atoms with Crippen molar-refractivity contribution in [1.82, 2.24) is 0 Å². The summed E-state index contributed by atoms with van der Waals surface area (Å²) >= 11 is 0. The van der Waals surface area contributed by atoms with Gasteiger partial charge in [-0.25, -0.2) is 9.59 Å². The maximum atomic E-state index is 12.4. The predicted octanol–water partition coefficient (Wildman–Crippen LogP) is 4.56. The number of carboxylic acid groups (broad SMARTS) is 1. The minimum atomic E-state index is -0.938. The molecule has 0 saturated heterocycles. The summed E-state index contributed by atoms with van der Waals surface area (Å²) in [6.07, 6.45) is 0.174. The van der Waals surface area contributed by atoms with E-state index in [1.807, 2.05) is 0 Å². The summed E-state index contributed by atoms with van der Waals surface area (Å²) in [5.74, 6) is -2.03. The van der Waals surface area contributed by atoms with Crippen LogP contribution in [0.2, 0.25) is 0 Å². The molecule has 0 atom stereocenters. The van der Waals surface area contributed by atoms with Crippen molar-refractivity contribution >= 4 is 30.3 Å². The second kappa shape index (κ2) is 10.8. The molecule has 0 aliphatic rings. The SMILES string of the molecule is Cl.O=C(O)CCc1ccc(OC(=O)c2ccccc2)c(OC(=O)c2ccccc2)c1. The molecule has 0 bridgehead atoms. The van der Waals surface area contributed by atoms with Crippen LogP contribution in [0, 0.1) is 0 Å². The lowest BCUT2D eigenvalue weighted by Crippen LogP contribution is -2.13. The molecule has 0 aliphatic carbocycles. The first kappa shape index (κ1) is 22.6. The standard InChI is InChI=1S/C23H18O6.ClH/c24-21(25)14-12-16-11-13-19(28-22(26)17-7-3-1-4-8-17)20(15-16)29-23(27)18-9-5-2-6-10-18;/h1-11,13,15H,12,14H2,(H,24,25);1H. The van der Waals surface area contributed by atoms with E-state index in [-0.39, 0.29) is 36.7 Å². The molecule has 0 unspecified atom stereocenters. The summed E-state index contributed by atoms with van der Waals surface area (Å²) in [7, 11) is 0. The zero-order valence-electron chi connectivity index (χ0n) is 15.8. The summed E-state index contributed by atoms with van der Waals surface area (Å²) in [4.78, 5) is 35.7. The molecule has 0 fully saturated rings. The zero-order valence-corrected chi connectivity index (χ0v) is 16.6. The molecule has 154 valence electrons. The first-order valence-corrected chi connectivity index (χ1v) is 8.92. The van der Waals surface area contributed by atoms with Gasteiger partial charge in [-0.2, -0.15) is 0 Å². The lowest BCUT2D eigenvalue weighted by Gasteiger charge is -2.12. The van der Waals surface area contributed by atoms with Crippen LogP contribution in [0.15, 0.2) is 78.9 Å². The van der Waals surface area contributed by atoms with Crippen molar-refractivity contribution in [2.75, 3.05) is 0 Å². The maximum absolute atomic E-state index is 12.4. The van der Waals surface area contributed by atoms with Crippen LogP contribution in [-0.4, -0.2) is 23.0 Å². The van der Waals surface area contributed by atoms with Crippen molar-refractivity contribution < 1.29 is 29.0 Å². The molecule has 3 aromatic rings. The highest BCUT2D eigenvalue weighted by molar-refractivity contribution is 5.93. The molecule has 30 heavy (non-hydrogen) atoms. The number of aryl methyl sites for hydroxylation is 1. The number of carbonyl (C=O) groups excluding carboxylic acids is 2. The number of aliphatic carboxylic acids is 1. The van der Waals surface area contributed by atoms with Gasteiger partial charge in [0.1, 0.15) is 0 Å². The molecule has 3 aromatic carbocycles. The molecule has 6 nitrogen and oxygen atoms in total. The Morgan fingerprint density at radius 2 is 1.20 bits per heavy atom. The van der Waals surface area contributed by atoms with Crippen LogP contribution < -0.4 is 9.47 Å². The Labute approximate surface area is 179 Å². The third kappa shape index (κ3) is 6.18. The van der Waals surface area contributed by atoms with Crippen LogP contribution in [0.1, 0.15) is 32.7 Å². The average Bonchev–Trinajstić information content (AvgIpc) is 2.75. The highest BCUT2D eigenvalue weighted by Crippen LogP contribution is 2.30. The van der Waals surface area contributed by atoms with Gasteiger partial charge in [0, 0.05) is 6.42 Å². The zero-order chi connectivity index (χ0) is 20.6. The molecule has 0 aromatic heterocycles. The molecule has 0 heterocycles. The van der Waals surface area contributed by atoms with Gasteiger partial charge in [-0.1, -0.05) is 42.5 Å². The van der Waals surface area contributed by atoms with E-state index in [1.54, 1.807) is 66.7 Å². The van der Waals surface area contributed by atoms with E-state index in [0.29, 0.717) is 16.7 Å². The number of carboxylic acids is 1. The largest absolute Gasteiger partial charge is 0.481 e. The summed E-state index contributed by atoms with van der Waals surface area (Å²) < 4.78 is 10.9. The highest BCUT2D eigenvalue weighted by Gasteiger charge is 2.17. The van der Waals surface area contributed by atoms with Crippen LogP contribution in [0.5, 0.6) is 11.5 Å². The second-order valence-corrected chi connectivity index (χ2v) is 6.19. The first-order valence-electron chi connectivity index (χ1n) is 8.92. The van der Waals surface area contributed by atoms with Gasteiger partial charge in [0.15, 0.2) is 11.5 Å². The number of benzene rings is 3. The maximum Gasteiger partial charge on any atom is 0.343 e. The van der Waals surface area contributed by atoms with Crippen LogP contribution >= 0.6 is 12.4 Å². The van der Waals surface area contributed by atoms with Crippen molar-refractivity contribution in [3.63, 3.8) is 0 Å². The topological polar surface area (TPSA) is 89.9 Å².